The summed E-state index contributed by atoms with van der Waals surface area (Å²) in [5, 5.41) is 4.91. The molecule has 1 aromatic carbocycles. The number of carbonyl (C=O) groups excluding carboxylic acids is 1. The van der Waals surface area contributed by atoms with Crippen LogP contribution < -0.4 is 5.32 Å². The topological polar surface area (TPSA) is 50.2 Å². The van der Waals surface area contributed by atoms with Crippen molar-refractivity contribution in [3.8, 4) is 0 Å². The third-order valence-electron chi connectivity index (χ3n) is 5.88. The Kier molecular flexibility index (Phi) is 4.45. The van der Waals surface area contributed by atoms with Gasteiger partial charge in [0.15, 0.2) is 0 Å². The van der Waals surface area contributed by atoms with Crippen molar-refractivity contribution in [2.45, 2.75) is 51.2 Å². The Balaban J connectivity index is 1.37. The Bertz CT molecular complexity index is 956. The van der Waals surface area contributed by atoms with Crippen LogP contribution in [0.1, 0.15) is 47.6 Å². The number of anilines is 1. The van der Waals surface area contributed by atoms with Crippen LogP contribution in [0, 0.1) is 0 Å². The van der Waals surface area contributed by atoms with E-state index in [0.29, 0.717) is 0 Å². The molecule has 0 atom stereocenters. The first-order valence-electron chi connectivity index (χ1n) is 9.86. The second kappa shape index (κ2) is 7.09. The van der Waals surface area contributed by atoms with Gasteiger partial charge in [0, 0.05) is 24.8 Å². The first kappa shape index (κ1) is 17.0. The van der Waals surface area contributed by atoms with E-state index in [0.717, 1.165) is 47.6 Å². The highest BCUT2D eigenvalue weighted by Crippen LogP contribution is 2.29. The number of imidazole rings is 1. The summed E-state index contributed by atoms with van der Waals surface area (Å²) in [6, 6.07) is 10.5. The summed E-state index contributed by atoms with van der Waals surface area (Å²) >= 11 is 1.45. The van der Waals surface area contributed by atoms with Gasteiger partial charge in [0.1, 0.15) is 5.82 Å². The van der Waals surface area contributed by atoms with Crippen LogP contribution in [0.2, 0.25) is 0 Å². The van der Waals surface area contributed by atoms with Crippen LogP contribution in [0.4, 0.5) is 5.69 Å². The van der Waals surface area contributed by atoms with Crippen molar-refractivity contribution in [3.05, 3.63) is 46.4 Å². The maximum Gasteiger partial charge on any atom is 0.265 e. The lowest BCUT2D eigenvalue weighted by Gasteiger charge is -2.36. The second-order valence-electron chi connectivity index (χ2n) is 7.58. The molecule has 1 aliphatic carbocycles. The Labute approximate surface area is 163 Å². The van der Waals surface area contributed by atoms with E-state index in [-0.39, 0.29) is 5.91 Å². The molecule has 0 unspecified atom stereocenters. The molecule has 0 bridgehead atoms. The number of benzene rings is 1. The molecular weight excluding hydrogens is 356 g/mol. The average molecular weight is 381 g/mol. The van der Waals surface area contributed by atoms with E-state index in [1.807, 2.05) is 29.6 Å². The standard InChI is InChI=1S/C21H24N4OS/c26-21(19-7-4-12-27-19)22-15-8-9-18-17(13-15)23-20-14-24(10-11-25(18)20)16-5-2-1-3-6-16/h4,7-9,12-13,16H,1-3,5-6,10-11,14H2,(H,22,26). The van der Waals surface area contributed by atoms with Crippen LogP contribution in [0.3, 0.4) is 0 Å². The molecule has 0 saturated heterocycles. The van der Waals surface area contributed by atoms with Gasteiger partial charge in [-0.1, -0.05) is 25.3 Å². The first-order valence-corrected chi connectivity index (χ1v) is 10.7. The fraction of sp³-hybridized carbons (Fsp3) is 0.429. The van der Waals surface area contributed by atoms with Crippen LogP contribution in [0.5, 0.6) is 0 Å². The third-order valence-corrected chi connectivity index (χ3v) is 6.75. The maximum atomic E-state index is 12.3. The molecule has 3 aromatic rings. The van der Waals surface area contributed by atoms with Gasteiger partial charge in [0.2, 0.25) is 0 Å². The lowest BCUT2D eigenvalue weighted by Crippen LogP contribution is -2.42. The minimum atomic E-state index is -0.0585. The lowest BCUT2D eigenvalue weighted by molar-refractivity contribution is 0.103. The molecule has 1 saturated carbocycles. The zero-order valence-corrected chi connectivity index (χ0v) is 16.2. The third kappa shape index (κ3) is 3.28. The van der Waals surface area contributed by atoms with Gasteiger partial charge in [-0.15, -0.1) is 11.3 Å². The summed E-state index contributed by atoms with van der Waals surface area (Å²) in [5.74, 6) is 1.10. The molecule has 0 spiro atoms. The fourth-order valence-corrected chi connectivity index (χ4v) is 5.09. The van der Waals surface area contributed by atoms with Crippen LogP contribution in [-0.4, -0.2) is 32.9 Å². The first-order chi connectivity index (χ1) is 13.3. The van der Waals surface area contributed by atoms with Crippen LogP contribution >= 0.6 is 11.3 Å². The van der Waals surface area contributed by atoms with E-state index >= 15 is 0 Å². The Morgan fingerprint density at radius 1 is 1.15 bits per heavy atom. The van der Waals surface area contributed by atoms with Crippen molar-refractivity contribution in [3.63, 3.8) is 0 Å². The summed E-state index contributed by atoms with van der Waals surface area (Å²) in [7, 11) is 0. The molecule has 140 valence electrons. The molecule has 6 heteroatoms. The maximum absolute atomic E-state index is 12.3. The molecule has 1 aliphatic heterocycles. The van der Waals surface area contributed by atoms with Crippen molar-refractivity contribution in [1.82, 2.24) is 14.5 Å². The minimum Gasteiger partial charge on any atom is -0.326 e. The predicted octanol–water partition coefficient (Wildman–Crippen LogP) is 4.50. The summed E-state index contributed by atoms with van der Waals surface area (Å²) in [5.41, 5.74) is 2.95. The quantitative estimate of drug-likeness (QED) is 0.728. The highest BCUT2D eigenvalue weighted by molar-refractivity contribution is 7.12. The van der Waals surface area contributed by atoms with E-state index in [1.165, 1.54) is 49.0 Å². The molecule has 1 amide bonds. The highest BCUT2D eigenvalue weighted by atomic mass is 32.1. The van der Waals surface area contributed by atoms with Gasteiger partial charge in [-0.3, -0.25) is 9.69 Å². The summed E-state index contributed by atoms with van der Waals surface area (Å²) in [6.07, 6.45) is 6.79. The minimum absolute atomic E-state index is 0.0585. The zero-order valence-electron chi connectivity index (χ0n) is 15.4. The number of fused-ring (bicyclic) bond motifs is 3. The second-order valence-corrected chi connectivity index (χ2v) is 8.52. The van der Waals surface area contributed by atoms with E-state index in [4.69, 9.17) is 4.98 Å². The van der Waals surface area contributed by atoms with Gasteiger partial charge in [0.25, 0.3) is 5.91 Å². The molecule has 2 aliphatic rings. The van der Waals surface area contributed by atoms with E-state index in [1.54, 1.807) is 0 Å². The molecule has 0 radical (unpaired) electrons. The Hall–Kier alpha value is -2.18. The van der Waals surface area contributed by atoms with Crippen molar-refractivity contribution in [1.29, 1.82) is 0 Å². The molecule has 3 heterocycles. The average Bonchev–Trinajstić information content (AvgIpc) is 3.35. The van der Waals surface area contributed by atoms with Crippen molar-refractivity contribution in [2.24, 2.45) is 0 Å². The van der Waals surface area contributed by atoms with Gasteiger partial charge in [-0.05, 0) is 42.5 Å². The largest absolute Gasteiger partial charge is 0.326 e. The van der Waals surface area contributed by atoms with Crippen LogP contribution in [0.15, 0.2) is 35.7 Å². The predicted molar refractivity (Wildman–Crippen MR) is 109 cm³/mol. The SMILES string of the molecule is O=C(Nc1ccc2c(c1)nc1n2CCN(C2CCCCC2)C1)c1cccs1. The highest BCUT2D eigenvalue weighted by Gasteiger charge is 2.26. The molecule has 1 N–H and O–H groups in total. The summed E-state index contributed by atoms with van der Waals surface area (Å²) in [4.78, 5) is 20.5. The van der Waals surface area contributed by atoms with Gasteiger partial charge in [0.05, 0.1) is 22.5 Å². The number of nitrogens with zero attached hydrogens (tertiary/aromatic N) is 3. The number of nitrogens with one attached hydrogen (secondary N) is 1. The Morgan fingerprint density at radius 3 is 2.85 bits per heavy atom. The van der Waals surface area contributed by atoms with Gasteiger partial charge in [-0.25, -0.2) is 4.98 Å². The number of hydrogen-bond acceptors (Lipinski definition) is 4. The summed E-state index contributed by atoms with van der Waals surface area (Å²) < 4.78 is 2.35. The Morgan fingerprint density at radius 2 is 2.04 bits per heavy atom. The van der Waals surface area contributed by atoms with E-state index in [2.05, 4.69) is 20.9 Å². The molecule has 27 heavy (non-hydrogen) atoms. The number of rotatable bonds is 3. The molecule has 1 fully saturated rings. The number of carbonyl (C=O) groups is 1. The molecule has 5 rings (SSSR count). The molecular formula is C21H24N4OS. The number of thiophene rings is 1. The van der Waals surface area contributed by atoms with Gasteiger partial charge >= 0.3 is 0 Å². The summed E-state index contributed by atoms with van der Waals surface area (Å²) in [6.45, 7) is 3.06. The van der Waals surface area contributed by atoms with Gasteiger partial charge < -0.3 is 9.88 Å². The normalized spacial score (nSPS) is 18.5. The van der Waals surface area contributed by atoms with E-state index in [9.17, 15) is 4.79 Å². The molecule has 5 nitrogen and oxygen atoms in total. The number of amides is 1. The number of aromatic nitrogens is 2. The van der Waals surface area contributed by atoms with Gasteiger partial charge in [-0.2, -0.15) is 0 Å². The van der Waals surface area contributed by atoms with Crippen molar-refractivity contribution >= 4 is 34.0 Å². The smallest absolute Gasteiger partial charge is 0.265 e. The lowest BCUT2D eigenvalue weighted by atomic mass is 9.94. The van der Waals surface area contributed by atoms with Crippen molar-refractivity contribution < 1.29 is 4.79 Å². The number of hydrogen-bond donors (Lipinski definition) is 1. The fourth-order valence-electron chi connectivity index (χ4n) is 4.48. The van der Waals surface area contributed by atoms with Crippen LogP contribution in [0.25, 0.3) is 11.0 Å². The molecule has 2 aromatic heterocycles. The van der Waals surface area contributed by atoms with Crippen molar-refractivity contribution in [2.75, 3.05) is 11.9 Å². The van der Waals surface area contributed by atoms with Crippen LogP contribution in [-0.2, 0) is 13.1 Å². The zero-order chi connectivity index (χ0) is 18.2. The van der Waals surface area contributed by atoms with E-state index < -0.39 is 0 Å². The monoisotopic (exact) mass is 380 g/mol.